The molecule has 1 atom stereocenters. The van der Waals surface area contributed by atoms with Gasteiger partial charge in [0, 0.05) is 38.0 Å². The average Bonchev–Trinajstić information content (AvgIpc) is 3.59. The van der Waals surface area contributed by atoms with Gasteiger partial charge in [-0.05, 0) is 29.8 Å². The Balaban J connectivity index is 1.28. The fraction of sp³-hybridized carbons (Fsp3) is 0.192. The van der Waals surface area contributed by atoms with Crippen LogP contribution in [0.3, 0.4) is 0 Å². The molecule has 0 aliphatic carbocycles. The van der Waals surface area contributed by atoms with E-state index in [2.05, 4.69) is 10.4 Å². The number of nitrogens with zero attached hydrogens (tertiary/aromatic N) is 3. The molecule has 7 nitrogen and oxygen atoms in total. The largest absolute Gasteiger partial charge is 0.463 e. The monoisotopic (exact) mass is 440 g/mol. The van der Waals surface area contributed by atoms with Crippen LogP contribution in [0.5, 0.6) is 0 Å². The summed E-state index contributed by atoms with van der Waals surface area (Å²) in [5.74, 6) is 0.546. The van der Waals surface area contributed by atoms with Crippen LogP contribution >= 0.6 is 0 Å². The van der Waals surface area contributed by atoms with Gasteiger partial charge in [0.25, 0.3) is 5.91 Å². The quantitative estimate of drug-likeness (QED) is 0.473. The first kappa shape index (κ1) is 20.8. The standard InChI is InChI=1S/C26H24N4O3/c31-25-14-20(18-29(25)17-19-8-3-1-4-9-19)16-27-26(32)23-15-22(24-12-7-13-33-24)28-30(23)21-10-5-2-6-11-21/h1-13,15,20H,14,16-18H2,(H,27,32)/t20-/m1/s1. The maximum atomic E-state index is 13.1. The highest BCUT2D eigenvalue weighted by atomic mass is 16.3. The minimum atomic E-state index is -0.238. The van der Waals surface area contributed by atoms with Gasteiger partial charge in [-0.1, -0.05) is 48.5 Å². The number of carbonyl (C=O) groups excluding carboxylic acids is 2. The number of likely N-dealkylation sites (tertiary alicyclic amines) is 1. The minimum Gasteiger partial charge on any atom is -0.463 e. The molecule has 166 valence electrons. The second-order valence-corrected chi connectivity index (χ2v) is 8.18. The van der Waals surface area contributed by atoms with Crippen LogP contribution < -0.4 is 5.32 Å². The van der Waals surface area contributed by atoms with Crippen molar-refractivity contribution in [1.82, 2.24) is 20.0 Å². The van der Waals surface area contributed by atoms with Crippen LogP contribution in [-0.4, -0.2) is 39.6 Å². The summed E-state index contributed by atoms with van der Waals surface area (Å²) in [5, 5.41) is 7.60. The summed E-state index contributed by atoms with van der Waals surface area (Å²) in [6, 6.07) is 24.8. The SMILES string of the molecule is O=C(NC[C@H]1CC(=O)N(Cc2ccccc2)C1)c1cc(-c2ccco2)nn1-c1ccccc1. The van der Waals surface area contributed by atoms with Gasteiger partial charge in [0.05, 0.1) is 12.0 Å². The molecule has 2 amide bonds. The first-order chi connectivity index (χ1) is 16.2. The van der Waals surface area contributed by atoms with Crippen molar-refractivity contribution in [3.63, 3.8) is 0 Å². The van der Waals surface area contributed by atoms with E-state index >= 15 is 0 Å². The van der Waals surface area contributed by atoms with Crippen LogP contribution in [0.25, 0.3) is 17.1 Å². The highest BCUT2D eigenvalue weighted by Gasteiger charge is 2.30. The van der Waals surface area contributed by atoms with E-state index < -0.39 is 0 Å². The van der Waals surface area contributed by atoms with Crippen LogP contribution in [0.1, 0.15) is 22.5 Å². The zero-order valence-corrected chi connectivity index (χ0v) is 18.1. The number of furan rings is 1. The molecule has 7 heteroatoms. The molecule has 1 aliphatic heterocycles. The molecule has 1 N–H and O–H groups in total. The van der Waals surface area contributed by atoms with E-state index in [1.54, 1.807) is 23.1 Å². The van der Waals surface area contributed by atoms with Gasteiger partial charge >= 0.3 is 0 Å². The van der Waals surface area contributed by atoms with Gasteiger partial charge in [-0.15, -0.1) is 0 Å². The van der Waals surface area contributed by atoms with E-state index in [1.165, 1.54) is 0 Å². The summed E-state index contributed by atoms with van der Waals surface area (Å²) in [6.07, 6.45) is 2.01. The Kier molecular flexibility index (Phi) is 5.76. The van der Waals surface area contributed by atoms with Gasteiger partial charge in [0.1, 0.15) is 11.4 Å². The molecule has 0 bridgehead atoms. The number of nitrogens with one attached hydrogen (secondary N) is 1. The normalized spacial score (nSPS) is 15.7. The Hall–Kier alpha value is -4.13. The Bertz CT molecular complexity index is 1230. The van der Waals surface area contributed by atoms with Crippen molar-refractivity contribution in [2.24, 2.45) is 5.92 Å². The van der Waals surface area contributed by atoms with Gasteiger partial charge in [0.2, 0.25) is 5.91 Å². The maximum Gasteiger partial charge on any atom is 0.270 e. The predicted octanol–water partition coefficient (Wildman–Crippen LogP) is 3.91. The smallest absolute Gasteiger partial charge is 0.270 e. The number of aromatic nitrogens is 2. The fourth-order valence-electron chi connectivity index (χ4n) is 4.13. The van der Waals surface area contributed by atoms with E-state index in [9.17, 15) is 9.59 Å². The highest BCUT2D eigenvalue weighted by molar-refractivity contribution is 5.94. The van der Waals surface area contributed by atoms with Crippen molar-refractivity contribution in [3.05, 3.63) is 96.4 Å². The molecule has 3 heterocycles. The maximum absolute atomic E-state index is 13.1. The van der Waals surface area contributed by atoms with Gasteiger partial charge in [-0.2, -0.15) is 5.10 Å². The van der Waals surface area contributed by atoms with Crippen molar-refractivity contribution < 1.29 is 14.0 Å². The molecule has 1 aliphatic rings. The minimum absolute atomic E-state index is 0.0720. The molecule has 0 spiro atoms. The summed E-state index contributed by atoms with van der Waals surface area (Å²) in [5.41, 5.74) is 2.88. The second-order valence-electron chi connectivity index (χ2n) is 8.18. The molecule has 0 saturated carbocycles. The molecule has 4 aromatic rings. The number of hydrogen-bond acceptors (Lipinski definition) is 4. The van der Waals surface area contributed by atoms with Crippen LogP contribution in [0, 0.1) is 5.92 Å². The van der Waals surface area contributed by atoms with Crippen molar-refractivity contribution in [2.45, 2.75) is 13.0 Å². The Morgan fingerprint density at radius 1 is 1.03 bits per heavy atom. The number of benzene rings is 2. The van der Waals surface area contributed by atoms with Crippen molar-refractivity contribution in [1.29, 1.82) is 0 Å². The summed E-state index contributed by atoms with van der Waals surface area (Å²) in [6.45, 7) is 1.65. The van der Waals surface area contributed by atoms with E-state index in [-0.39, 0.29) is 17.7 Å². The molecule has 0 radical (unpaired) electrons. The van der Waals surface area contributed by atoms with Crippen molar-refractivity contribution >= 4 is 11.8 Å². The van der Waals surface area contributed by atoms with Crippen LogP contribution in [0.15, 0.2) is 89.5 Å². The Labute approximate surface area is 191 Å². The number of amides is 2. The molecule has 1 fully saturated rings. The Morgan fingerprint density at radius 2 is 1.79 bits per heavy atom. The summed E-state index contributed by atoms with van der Waals surface area (Å²) >= 11 is 0. The molecule has 0 unspecified atom stereocenters. The number of carbonyl (C=O) groups is 2. The lowest BCUT2D eigenvalue weighted by molar-refractivity contribution is -0.128. The average molecular weight is 441 g/mol. The predicted molar refractivity (Wildman–Crippen MR) is 124 cm³/mol. The Morgan fingerprint density at radius 3 is 2.52 bits per heavy atom. The molecule has 2 aromatic heterocycles. The third kappa shape index (κ3) is 4.57. The lowest BCUT2D eigenvalue weighted by Gasteiger charge is -2.17. The van der Waals surface area contributed by atoms with E-state index in [0.29, 0.717) is 43.2 Å². The summed E-state index contributed by atoms with van der Waals surface area (Å²) < 4.78 is 7.09. The third-order valence-electron chi connectivity index (χ3n) is 5.78. The van der Waals surface area contributed by atoms with Crippen molar-refractivity contribution in [2.75, 3.05) is 13.1 Å². The van der Waals surface area contributed by atoms with Gasteiger partial charge in [0.15, 0.2) is 5.76 Å². The molecule has 33 heavy (non-hydrogen) atoms. The highest BCUT2D eigenvalue weighted by Crippen LogP contribution is 2.23. The summed E-state index contributed by atoms with van der Waals surface area (Å²) in [4.78, 5) is 27.5. The number of hydrogen-bond donors (Lipinski definition) is 1. The van der Waals surface area contributed by atoms with Gasteiger partial charge in [-0.25, -0.2) is 4.68 Å². The third-order valence-corrected chi connectivity index (χ3v) is 5.78. The van der Waals surface area contributed by atoms with E-state index in [0.717, 1.165) is 11.3 Å². The second kappa shape index (κ2) is 9.16. The first-order valence-electron chi connectivity index (χ1n) is 11.0. The van der Waals surface area contributed by atoms with Crippen LogP contribution in [-0.2, 0) is 11.3 Å². The van der Waals surface area contributed by atoms with Crippen LogP contribution in [0.2, 0.25) is 0 Å². The lowest BCUT2D eigenvalue weighted by atomic mass is 10.1. The number of rotatable bonds is 7. The zero-order valence-electron chi connectivity index (χ0n) is 18.1. The van der Waals surface area contributed by atoms with Crippen molar-refractivity contribution in [3.8, 4) is 17.1 Å². The van der Waals surface area contributed by atoms with E-state index in [4.69, 9.17) is 4.42 Å². The topological polar surface area (TPSA) is 80.4 Å². The molecular formula is C26H24N4O3. The molecule has 1 saturated heterocycles. The summed E-state index contributed by atoms with van der Waals surface area (Å²) in [7, 11) is 0. The van der Waals surface area contributed by atoms with Gasteiger partial charge in [-0.3, -0.25) is 9.59 Å². The number of para-hydroxylation sites is 1. The molecular weight excluding hydrogens is 416 g/mol. The first-order valence-corrected chi connectivity index (χ1v) is 11.0. The van der Waals surface area contributed by atoms with Crippen LogP contribution in [0.4, 0.5) is 0 Å². The lowest BCUT2D eigenvalue weighted by Crippen LogP contribution is -2.32. The fourth-order valence-corrected chi connectivity index (χ4v) is 4.13. The molecule has 2 aromatic carbocycles. The zero-order chi connectivity index (χ0) is 22.6. The molecule has 5 rings (SSSR count). The van der Waals surface area contributed by atoms with Gasteiger partial charge < -0.3 is 14.6 Å². The van der Waals surface area contributed by atoms with E-state index in [1.807, 2.05) is 71.6 Å².